The molecule has 1 aromatic heterocycles. The number of hydrogen-bond donors (Lipinski definition) is 1. The second-order valence-corrected chi connectivity index (χ2v) is 6.10. The van der Waals surface area contributed by atoms with Gasteiger partial charge in [-0.3, -0.25) is 9.56 Å². The number of imidazole rings is 1. The van der Waals surface area contributed by atoms with Gasteiger partial charge in [-0.1, -0.05) is 0 Å². The number of piperazine rings is 1. The molecule has 2 heterocycles. The minimum atomic E-state index is -2.60. The molecule has 2 aromatic rings. The van der Waals surface area contributed by atoms with Gasteiger partial charge in [-0.15, -0.1) is 0 Å². The van der Waals surface area contributed by atoms with E-state index in [-0.39, 0.29) is 12.4 Å². The first-order valence-electron chi connectivity index (χ1n) is 8.77. The predicted octanol–water partition coefficient (Wildman–Crippen LogP) is 2.18. The molecule has 0 aliphatic carbocycles. The van der Waals surface area contributed by atoms with Gasteiger partial charge in [0, 0.05) is 51.3 Å². The highest BCUT2D eigenvalue weighted by Gasteiger charge is 2.20. The van der Waals surface area contributed by atoms with E-state index < -0.39 is 6.55 Å². The number of alkyl halides is 2. The predicted molar refractivity (Wildman–Crippen MR) is 100 cm³/mol. The molecule has 0 unspecified atom stereocenters. The summed E-state index contributed by atoms with van der Waals surface area (Å²) >= 11 is 0. The molecule has 1 fully saturated rings. The molecule has 0 amide bonds. The van der Waals surface area contributed by atoms with Crippen LogP contribution in [0.15, 0.2) is 41.7 Å². The molecular formula is C18H24F2N6O. The van der Waals surface area contributed by atoms with Crippen molar-refractivity contribution in [2.24, 2.45) is 4.99 Å². The fraction of sp³-hybridized carbons (Fsp3) is 0.444. The number of hydrogen-bond acceptors (Lipinski definition) is 4. The average Bonchev–Trinajstić information content (AvgIpc) is 3.18. The number of ether oxygens (including phenoxy) is 1. The molecular weight excluding hydrogens is 354 g/mol. The molecule has 3 rings (SSSR count). The summed E-state index contributed by atoms with van der Waals surface area (Å²) < 4.78 is 31.9. The van der Waals surface area contributed by atoms with Crippen molar-refractivity contribution in [3.8, 4) is 5.75 Å². The van der Waals surface area contributed by atoms with Crippen LogP contribution in [0.25, 0.3) is 0 Å². The third-order valence-corrected chi connectivity index (χ3v) is 4.59. The van der Waals surface area contributed by atoms with Crippen molar-refractivity contribution in [2.45, 2.75) is 13.1 Å². The summed E-state index contributed by atoms with van der Waals surface area (Å²) in [6.45, 7) is 0.865. The SMILES string of the molecule is CN=C(NCc1nccn1C(F)F)N1CCN(c2ccc(OC)cc2)CC1. The van der Waals surface area contributed by atoms with Crippen molar-refractivity contribution < 1.29 is 13.5 Å². The number of rotatable bonds is 5. The maximum atomic E-state index is 12.9. The van der Waals surface area contributed by atoms with Crippen molar-refractivity contribution in [3.63, 3.8) is 0 Å². The molecule has 0 radical (unpaired) electrons. The lowest BCUT2D eigenvalue weighted by atomic mass is 10.2. The smallest absolute Gasteiger partial charge is 0.319 e. The van der Waals surface area contributed by atoms with Gasteiger partial charge in [-0.2, -0.15) is 8.78 Å². The van der Waals surface area contributed by atoms with Crippen LogP contribution in [0.4, 0.5) is 14.5 Å². The number of aromatic nitrogens is 2. The van der Waals surface area contributed by atoms with E-state index >= 15 is 0 Å². The molecule has 0 bridgehead atoms. The van der Waals surface area contributed by atoms with Crippen LogP contribution in [0.5, 0.6) is 5.75 Å². The number of benzene rings is 1. The largest absolute Gasteiger partial charge is 0.497 e. The van der Waals surface area contributed by atoms with Gasteiger partial charge in [-0.25, -0.2) is 4.98 Å². The Hall–Kier alpha value is -2.84. The molecule has 1 aliphatic rings. The first kappa shape index (κ1) is 18.9. The summed E-state index contributed by atoms with van der Waals surface area (Å²) in [6.07, 6.45) is 2.65. The summed E-state index contributed by atoms with van der Waals surface area (Å²) in [4.78, 5) is 12.7. The van der Waals surface area contributed by atoms with Gasteiger partial charge in [0.1, 0.15) is 11.6 Å². The third-order valence-electron chi connectivity index (χ3n) is 4.59. The van der Waals surface area contributed by atoms with Crippen LogP contribution >= 0.6 is 0 Å². The number of anilines is 1. The molecule has 1 saturated heterocycles. The fourth-order valence-electron chi connectivity index (χ4n) is 3.12. The minimum absolute atomic E-state index is 0.197. The molecule has 1 aromatic carbocycles. The molecule has 1 aliphatic heterocycles. The Morgan fingerprint density at radius 3 is 2.52 bits per heavy atom. The summed E-state index contributed by atoms with van der Waals surface area (Å²) in [5, 5.41) is 3.13. The molecule has 146 valence electrons. The van der Waals surface area contributed by atoms with E-state index in [1.54, 1.807) is 14.2 Å². The van der Waals surface area contributed by atoms with Crippen LogP contribution in [-0.2, 0) is 6.54 Å². The first-order valence-corrected chi connectivity index (χ1v) is 8.77. The highest BCUT2D eigenvalue weighted by molar-refractivity contribution is 5.80. The third kappa shape index (κ3) is 4.47. The van der Waals surface area contributed by atoms with Gasteiger partial charge < -0.3 is 19.9 Å². The highest BCUT2D eigenvalue weighted by Crippen LogP contribution is 2.20. The van der Waals surface area contributed by atoms with E-state index in [1.165, 1.54) is 12.4 Å². The van der Waals surface area contributed by atoms with Crippen molar-refractivity contribution >= 4 is 11.6 Å². The number of aliphatic imine (C=N–C) groups is 1. The summed E-state index contributed by atoms with van der Waals surface area (Å²) in [5.74, 6) is 1.81. The van der Waals surface area contributed by atoms with E-state index in [0.29, 0.717) is 5.96 Å². The zero-order chi connectivity index (χ0) is 19.2. The van der Waals surface area contributed by atoms with E-state index in [0.717, 1.165) is 42.2 Å². The fourth-order valence-corrected chi connectivity index (χ4v) is 3.12. The van der Waals surface area contributed by atoms with Crippen LogP contribution in [-0.4, -0.2) is 60.7 Å². The van der Waals surface area contributed by atoms with Crippen LogP contribution in [0.3, 0.4) is 0 Å². The van der Waals surface area contributed by atoms with Crippen molar-refractivity contribution in [2.75, 3.05) is 45.2 Å². The molecule has 9 heteroatoms. The molecule has 0 saturated carbocycles. The minimum Gasteiger partial charge on any atom is -0.497 e. The lowest BCUT2D eigenvalue weighted by Gasteiger charge is -2.37. The number of guanidine groups is 1. The van der Waals surface area contributed by atoms with Crippen molar-refractivity contribution in [1.29, 1.82) is 0 Å². The normalized spacial score (nSPS) is 15.4. The number of methoxy groups -OCH3 is 1. The Balaban J connectivity index is 1.54. The molecule has 7 nitrogen and oxygen atoms in total. The van der Waals surface area contributed by atoms with Gasteiger partial charge in [-0.05, 0) is 24.3 Å². The van der Waals surface area contributed by atoms with E-state index in [9.17, 15) is 8.78 Å². The second-order valence-electron chi connectivity index (χ2n) is 6.10. The van der Waals surface area contributed by atoms with Crippen LogP contribution in [0.1, 0.15) is 12.4 Å². The standard InChI is InChI=1S/C18H24F2N6O/c1-21-18(23-13-16-22-7-8-26(16)17(19)20)25-11-9-24(10-12-25)14-3-5-15(27-2)6-4-14/h3-8,17H,9-13H2,1-2H3,(H,21,23). The highest BCUT2D eigenvalue weighted by atomic mass is 19.3. The molecule has 0 atom stereocenters. The first-order chi connectivity index (χ1) is 13.1. The van der Waals surface area contributed by atoms with Crippen molar-refractivity contribution in [1.82, 2.24) is 19.8 Å². The maximum absolute atomic E-state index is 12.9. The molecule has 0 spiro atoms. The van der Waals surface area contributed by atoms with Gasteiger partial charge in [0.2, 0.25) is 0 Å². The summed E-state index contributed by atoms with van der Waals surface area (Å²) in [7, 11) is 3.35. The molecule has 1 N–H and O–H groups in total. The van der Waals surface area contributed by atoms with E-state index in [2.05, 4.69) is 25.1 Å². The Labute approximate surface area is 157 Å². The van der Waals surface area contributed by atoms with E-state index in [1.807, 2.05) is 24.3 Å². The summed E-state index contributed by atoms with van der Waals surface area (Å²) in [5.41, 5.74) is 1.15. The Kier molecular flexibility index (Phi) is 6.10. The summed E-state index contributed by atoms with van der Waals surface area (Å²) in [6, 6.07) is 8.00. The lowest BCUT2D eigenvalue weighted by Crippen LogP contribution is -2.52. The number of nitrogens with one attached hydrogen (secondary N) is 1. The maximum Gasteiger partial charge on any atom is 0.319 e. The van der Waals surface area contributed by atoms with Gasteiger partial charge in [0.05, 0.1) is 13.7 Å². The van der Waals surface area contributed by atoms with E-state index in [4.69, 9.17) is 4.74 Å². The van der Waals surface area contributed by atoms with Gasteiger partial charge >= 0.3 is 6.55 Å². The van der Waals surface area contributed by atoms with Crippen LogP contribution in [0.2, 0.25) is 0 Å². The van der Waals surface area contributed by atoms with Crippen molar-refractivity contribution in [3.05, 3.63) is 42.5 Å². The Morgan fingerprint density at radius 1 is 1.22 bits per heavy atom. The van der Waals surface area contributed by atoms with Crippen LogP contribution in [0, 0.1) is 0 Å². The Bertz CT molecular complexity index is 753. The second kappa shape index (κ2) is 8.70. The topological polar surface area (TPSA) is 57.9 Å². The quantitative estimate of drug-likeness (QED) is 0.639. The molecule has 27 heavy (non-hydrogen) atoms. The zero-order valence-corrected chi connectivity index (χ0v) is 15.5. The Morgan fingerprint density at radius 2 is 1.93 bits per heavy atom. The average molecular weight is 378 g/mol. The monoisotopic (exact) mass is 378 g/mol. The lowest BCUT2D eigenvalue weighted by molar-refractivity contribution is 0.0668. The zero-order valence-electron chi connectivity index (χ0n) is 15.5. The number of halogens is 2. The van der Waals surface area contributed by atoms with Gasteiger partial charge in [0.15, 0.2) is 5.96 Å². The van der Waals surface area contributed by atoms with Crippen LogP contribution < -0.4 is 15.0 Å². The number of nitrogens with zero attached hydrogens (tertiary/aromatic N) is 5. The van der Waals surface area contributed by atoms with Gasteiger partial charge in [0.25, 0.3) is 0 Å².